The molecule has 25 heavy (non-hydrogen) atoms. The van der Waals surface area contributed by atoms with E-state index >= 15 is 0 Å². The summed E-state index contributed by atoms with van der Waals surface area (Å²) in [6.45, 7) is 1.73. The number of amides is 2. The third-order valence-electron chi connectivity index (χ3n) is 3.89. The van der Waals surface area contributed by atoms with Gasteiger partial charge in [0.2, 0.25) is 11.8 Å². The molecule has 0 aliphatic rings. The van der Waals surface area contributed by atoms with Crippen LogP contribution in [0.15, 0.2) is 54.6 Å². The second-order valence-electron chi connectivity index (χ2n) is 5.73. The standard InChI is InChI=1S/C19H23N3O3/c1-13(22-17(18(20)24)19(25)21-11-12-23)14-7-9-16(10-8-14)15-5-3-2-4-6-15/h2-10,13,17,22-23H,11-12H2,1H3,(H2,20,24)(H,21,25). The van der Waals surface area contributed by atoms with Crippen molar-refractivity contribution in [3.63, 3.8) is 0 Å². The molecular formula is C19H23N3O3. The largest absolute Gasteiger partial charge is 0.395 e. The number of nitrogens with two attached hydrogens (primary N) is 1. The van der Waals surface area contributed by atoms with Crippen LogP contribution >= 0.6 is 0 Å². The maximum Gasteiger partial charge on any atom is 0.246 e. The van der Waals surface area contributed by atoms with Crippen molar-refractivity contribution in [2.45, 2.75) is 19.0 Å². The van der Waals surface area contributed by atoms with Gasteiger partial charge in [-0.3, -0.25) is 14.9 Å². The van der Waals surface area contributed by atoms with Crippen LogP contribution < -0.4 is 16.4 Å². The number of nitrogens with one attached hydrogen (secondary N) is 2. The molecule has 0 fully saturated rings. The number of benzene rings is 2. The Bertz CT molecular complexity index is 702. The molecule has 0 bridgehead atoms. The molecule has 0 aliphatic carbocycles. The lowest BCUT2D eigenvalue weighted by molar-refractivity contribution is -0.131. The van der Waals surface area contributed by atoms with Crippen LogP contribution in [-0.2, 0) is 9.59 Å². The Balaban J connectivity index is 2.07. The summed E-state index contributed by atoms with van der Waals surface area (Å²) in [5.74, 6) is -1.31. The van der Waals surface area contributed by atoms with Crippen molar-refractivity contribution >= 4 is 11.8 Å². The highest BCUT2D eigenvalue weighted by atomic mass is 16.3. The zero-order valence-corrected chi connectivity index (χ0v) is 14.1. The van der Waals surface area contributed by atoms with Crippen molar-refractivity contribution < 1.29 is 14.7 Å². The summed E-state index contributed by atoms with van der Waals surface area (Å²) in [6.07, 6.45) is 0. The lowest BCUT2D eigenvalue weighted by Crippen LogP contribution is -2.53. The average Bonchev–Trinajstić information content (AvgIpc) is 2.64. The summed E-state index contributed by atoms with van der Waals surface area (Å²) in [5, 5.41) is 14.1. The van der Waals surface area contributed by atoms with Gasteiger partial charge < -0.3 is 16.2 Å². The minimum Gasteiger partial charge on any atom is -0.395 e. The molecule has 0 aliphatic heterocycles. The molecule has 5 N–H and O–H groups in total. The molecule has 0 saturated heterocycles. The van der Waals surface area contributed by atoms with Gasteiger partial charge in [0, 0.05) is 12.6 Å². The first-order valence-corrected chi connectivity index (χ1v) is 8.12. The number of hydrogen-bond donors (Lipinski definition) is 4. The highest BCUT2D eigenvalue weighted by Gasteiger charge is 2.25. The molecule has 2 unspecified atom stereocenters. The van der Waals surface area contributed by atoms with E-state index < -0.39 is 17.9 Å². The van der Waals surface area contributed by atoms with Gasteiger partial charge in [-0.25, -0.2) is 0 Å². The molecule has 0 radical (unpaired) electrons. The van der Waals surface area contributed by atoms with Crippen LogP contribution in [0.25, 0.3) is 11.1 Å². The van der Waals surface area contributed by atoms with E-state index in [1.54, 1.807) is 0 Å². The van der Waals surface area contributed by atoms with Crippen LogP contribution in [0.5, 0.6) is 0 Å². The summed E-state index contributed by atoms with van der Waals surface area (Å²) in [4.78, 5) is 23.5. The first-order valence-electron chi connectivity index (χ1n) is 8.12. The fourth-order valence-electron chi connectivity index (χ4n) is 2.51. The maximum atomic E-state index is 12.0. The number of aliphatic hydroxyl groups is 1. The highest BCUT2D eigenvalue weighted by Crippen LogP contribution is 2.21. The predicted molar refractivity (Wildman–Crippen MR) is 96.5 cm³/mol. The number of primary amides is 1. The molecule has 0 saturated carbocycles. The normalized spacial score (nSPS) is 13.0. The van der Waals surface area contributed by atoms with Crippen molar-refractivity contribution in [1.82, 2.24) is 10.6 Å². The van der Waals surface area contributed by atoms with Crippen molar-refractivity contribution in [1.29, 1.82) is 0 Å². The zero-order chi connectivity index (χ0) is 18.2. The van der Waals surface area contributed by atoms with Gasteiger partial charge in [-0.05, 0) is 23.6 Å². The number of carbonyl (C=O) groups excluding carboxylic acids is 2. The number of aliphatic hydroxyl groups excluding tert-OH is 1. The molecular weight excluding hydrogens is 318 g/mol. The van der Waals surface area contributed by atoms with Crippen LogP contribution in [-0.4, -0.2) is 36.1 Å². The van der Waals surface area contributed by atoms with Crippen molar-refractivity contribution in [3.8, 4) is 11.1 Å². The van der Waals surface area contributed by atoms with Gasteiger partial charge in [-0.2, -0.15) is 0 Å². The van der Waals surface area contributed by atoms with Gasteiger partial charge in [-0.1, -0.05) is 54.6 Å². The molecule has 2 rings (SSSR count). The molecule has 0 heterocycles. The molecule has 0 aromatic heterocycles. The molecule has 2 aromatic carbocycles. The second kappa shape index (κ2) is 8.96. The van der Waals surface area contributed by atoms with Gasteiger partial charge in [-0.15, -0.1) is 0 Å². The van der Waals surface area contributed by atoms with Crippen LogP contribution in [0.4, 0.5) is 0 Å². The Labute approximate surface area is 147 Å². The third-order valence-corrected chi connectivity index (χ3v) is 3.89. The van der Waals surface area contributed by atoms with Crippen LogP contribution in [0.3, 0.4) is 0 Å². The quantitative estimate of drug-likeness (QED) is 0.537. The van der Waals surface area contributed by atoms with Crippen molar-refractivity contribution in [2.75, 3.05) is 13.2 Å². The molecule has 2 amide bonds. The lowest BCUT2D eigenvalue weighted by atomic mass is 10.0. The van der Waals surface area contributed by atoms with Crippen LogP contribution in [0, 0.1) is 0 Å². The fraction of sp³-hybridized carbons (Fsp3) is 0.263. The molecule has 2 aromatic rings. The Morgan fingerprint density at radius 2 is 1.64 bits per heavy atom. The second-order valence-corrected chi connectivity index (χ2v) is 5.73. The first-order chi connectivity index (χ1) is 12.0. The molecule has 2 atom stereocenters. The maximum absolute atomic E-state index is 12.0. The summed E-state index contributed by atoms with van der Waals surface area (Å²) < 4.78 is 0. The summed E-state index contributed by atoms with van der Waals surface area (Å²) in [5.41, 5.74) is 8.45. The smallest absolute Gasteiger partial charge is 0.246 e. The average molecular weight is 341 g/mol. The molecule has 132 valence electrons. The topological polar surface area (TPSA) is 104 Å². The van der Waals surface area contributed by atoms with Gasteiger partial charge in [0.1, 0.15) is 0 Å². The van der Waals surface area contributed by atoms with Gasteiger partial charge in [0.25, 0.3) is 0 Å². The fourth-order valence-corrected chi connectivity index (χ4v) is 2.51. The molecule has 6 heteroatoms. The third kappa shape index (κ3) is 5.14. The van der Waals surface area contributed by atoms with Crippen molar-refractivity contribution in [2.24, 2.45) is 5.73 Å². The Kier molecular flexibility index (Phi) is 6.68. The highest BCUT2D eigenvalue weighted by molar-refractivity contribution is 6.03. The summed E-state index contributed by atoms with van der Waals surface area (Å²) in [7, 11) is 0. The van der Waals surface area contributed by atoms with E-state index in [2.05, 4.69) is 10.6 Å². The van der Waals surface area contributed by atoms with Crippen LogP contribution in [0.2, 0.25) is 0 Å². The number of hydrogen-bond acceptors (Lipinski definition) is 4. The van der Waals surface area contributed by atoms with E-state index in [0.717, 1.165) is 16.7 Å². The minimum atomic E-state index is -1.16. The summed E-state index contributed by atoms with van der Waals surface area (Å²) in [6, 6.07) is 16.5. The molecule has 6 nitrogen and oxygen atoms in total. The van der Waals surface area contributed by atoms with E-state index in [9.17, 15) is 9.59 Å². The number of rotatable bonds is 8. The zero-order valence-electron chi connectivity index (χ0n) is 14.1. The van der Waals surface area contributed by atoms with Crippen LogP contribution in [0.1, 0.15) is 18.5 Å². The Hall–Kier alpha value is -2.70. The minimum absolute atomic E-state index is 0.0739. The van der Waals surface area contributed by atoms with E-state index in [4.69, 9.17) is 10.8 Å². The van der Waals surface area contributed by atoms with E-state index in [1.807, 2.05) is 61.5 Å². The number of carbonyl (C=O) groups is 2. The van der Waals surface area contributed by atoms with Gasteiger partial charge in [0.05, 0.1) is 6.61 Å². The van der Waals surface area contributed by atoms with Gasteiger partial charge >= 0.3 is 0 Å². The predicted octanol–water partition coefficient (Wildman–Crippen LogP) is 0.967. The van der Waals surface area contributed by atoms with Gasteiger partial charge in [0.15, 0.2) is 6.04 Å². The lowest BCUT2D eigenvalue weighted by Gasteiger charge is -2.21. The van der Waals surface area contributed by atoms with E-state index in [1.165, 1.54) is 0 Å². The first kappa shape index (κ1) is 18.6. The SMILES string of the molecule is CC(NC(C(N)=O)C(=O)NCCO)c1ccc(-c2ccccc2)cc1. The molecule has 0 spiro atoms. The Morgan fingerprint density at radius 3 is 2.20 bits per heavy atom. The summed E-state index contributed by atoms with van der Waals surface area (Å²) >= 11 is 0. The van der Waals surface area contributed by atoms with Crippen molar-refractivity contribution in [3.05, 3.63) is 60.2 Å². The monoisotopic (exact) mass is 341 g/mol. The Morgan fingerprint density at radius 1 is 1.04 bits per heavy atom. The van der Waals surface area contributed by atoms with E-state index in [0.29, 0.717) is 0 Å². The van der Waals surface area contributed by atoms with E-state index in [-0.39, 0.29) is 19.2 Å².